The molecule has 1 aromatic carbocycles. The van der Waals surface area contributed by atoms with Gasteiger partial charge in [-0.05, 0) is 37.1 Å². The zero-order valence-corrected chi connectivity index (χ0v) is 12.8. The predicted octanol–water partition coefficient (Wildman–Crippen LogP) is 2.43. The zero-order chi connectivity index (χ0) is 15.6. The van der Waals surface area contributed by atoms with E-state index in [1.807, 2.05) is 28.9 Å². The van der Waals surface area contributed by atoms with Crippen LogP contribution in [0.25, 0.3) is 5.65 Å². The highest BCUT2D eigenvalue weighted by Gasteiger charge is 2.17. The van der Waals surface area contributed by atoms with Crippen LogP contribution in [0.15, 0.2) is 49.1 Å². The number of piperidine rings is 1. The molecule has 1 saturated heterocycles. The fourth-order valence-corrected chi connectivity index (χ4v) is 3.02. The topological polar surface area (TPSA) is 65.7 Å². The van der Waals surface area contributed by atoms with Gasteiger partial charge in [-0.2, -0.15) is 0 Å². The third kappa shape index (κ3) is 2.85. The Morgan fingerprint density at radius 1 is 1.09 bits per heavy atom. The molecule has 0 spiro atoms. The van der Waals surface area contributed by atoms with Crippen LogP contribution in [0, 0.1) is 0 Å². The predicted molar refractivity (Wildman–Crippen MR) is 90.2 cm³/mol. The Balaban J connectivity index is 1.53. The lowest BCUT2D eigenvalue weighted by Gasteiger charge is -2.32. The zero-order valence-electron chi connectivity index (χ0n) is 12.8. The molecule has 3 heterocycles. The van der Waals surface area contributed by atoms with Gasteiger partial charge in [-0.25, -0.2) is 9.97 Å². The molecule has 0 aliphatic carbocycles. The number of benzene rings is 1. The average Bonchev–Trinajstić information content (AvgIpc) is 3.05. The second-order valence-electron chi connectivity index (χ2n) is 5.85. The van der Waals surface area contributed by atoms with Crippen LogP contribution in [0.2, 0.25) is 0 Å². The van der Waals surface area contributed by atoms with E-state index in [1.165, 1.54) is 0 Å². The first-order valence-corrected chi connectivity index (χ1v) is 7.87. The maximum Gasteiger partial charge on any atom is 0.180 e. The molecule has 0 radical (unpaired) electrons. The monoisotopic (exact) mass is 309 g/mol. The van der Waals surface area contributed by atoms with E-state index >= 15 is 0 Å². The molecule has 2 aromatic heterocycles. The summed E-state index contributed by atoms with van der Waals surface area (Å²) in [5, 5.41) is 13.1. The van der Waals surface area contributed by atoms with Gasteiger partial charge >= 0.3 is 0 Å². The number of nitrogens with one attached hydrogen (secondary N) is 1. The number of imidazole rings is 1. The normalized spacial score (nSPS) is 18.3. The highest BCUT2D eigenvalue weighted by molar-refractivity contribution is 5.70. The standard InChI is InChI=1S/C17H19N5O/c23-15-2-1-9-22(12-15)14-5-3-13(4-6-14)20-16-17-19-8-11-21(17)10-7-18-16/h3-8,10-11,15,23H,1-2,9,12H2,(H,18,20)/t15-/m1/s1. The fourth-order valence-electron chi connectivity index (χ4n) is 3.02. The van der Waals surface area contributed by atoms with E-state index in [0.717, 1.165) is 42.2 Å². The number of aliphatic hydroxyl groups is 1. The summed E-state index contributed by atoms with van der Waals surface area (Å²) >= 11 is 0. The number of aromatic nitrogens is 3. The molecule has 0 saturated carbocycles. The van der Waals surface area contributed by atoms with E-state index in [0.29, 0.717) is 6.54 Å². The molecule has 3 aromatic rings. The van der Waals surface area contributed by atoms with Gasteiger partial charge in [0.25, 0.3) is 0 Å². The van der Waals surface area contributed by atoms with Gasteiger partial charge in [-0.1, -0.05) is 0 Å². The van der Waals surface area contributed by atoms with Crippen molar-refractivity contribution in [3.05, 3.63) is 49.1 Å². The lowest BCUT2D eigenvalue weighted by atomic mass is 10.1. The first kappa shape index (κ1) is 14.0. The number of β-amino-alcohol motifs (C(OH)–C–C–N with tert-alkyl or cyclic N) is 1. The van der Waals surface area contributed by atoms with Crippen molar-refractivity contribution >= 4 is 22.8 Å². The van der Waals surface area contributed by atoms with Crippen molar-refractivity contribution in [1.82, 2.24) is 14.4 Å². The lowest BCUT2D eigenvalue weighted by Crippen LogP contribution is -2.38. The Hall–Kier alpha value is -2.60. The quantitative estimate of drug-likeness (QED) is 0.778. The van der Waals surface area contributed by atoms with Gasteiger partial charge in [0.15, 0.2) is 11.5 Å². The van der Waals surface area contributed by atoms with Gasteiger partial charge in [0.2, 0.25) is 0 Å². The molecule has 0 unspecified atom stereocenters. The molecule has 6 heteroatoms. The van der Waals surface area contributed by atoms with Crippen molar-refractivity contribution in [3.63, 3.8) is 0 Å². The number of aliphatic hydroxyl groups excluding tert-OH is 1. The van der Waals surface area contributed by atoms with E-state index < -0.39 is 0 Å². The smallest absolute Gasteiger partial charge is 0.180 e. The summed E-state index contributed by atoms with van der Waals surface area (Å²) < 4.78 is 1.93. The SMILES string of the molecule is O[C@@H]1CCCN(c2ccc(Nc3nccn4ccnc34)cc2)C1. The number of anilines is 3. The molecule has 0 amide bonds. The molecular weight excluding hydrogens is 290 g/mol. The Kier molecular flexibility index (Phi) is 3.59. The van der Waals surface area contributed by atoms with Gasteiger partial charge in [0.05, 0.1) is 6.10 Å². The summed E-state index contributed by atoms with van der Waals surface area (Å²) in [6, 6.07) is 8.22. The van der Waals surface area contributed by atoms with Gasteiger partial charge in [0, 0.05) is 49.3 Å². The minimum Gasteiger partial charge on any atom is -0.391 e. The molecule has 4 rings (SSSR count). The number of rotatable bonds is 3. The molecule has 6 nitrogen and oxygen atoms in total. The maximum atomic E-state index is 9.80. The third-order valence-electron chi connectivity index (χ3n) is 4.20. The fraction of sp³-hybridized carbons (Fsp3) is 0.294. The van der Waals surface area contributed by atoms with E-state index in [-0.39, 0.29) is 6.10 Å². The van der Waals surface area contributed by atoms with Crippen LogP contribution >= 0.6 is 0 Å². The summed E-state index contributed by atoms with van der Waals surface area (Å²) in [6.45, 7) is 1.71. The summed E-state index contributed by atoms with van der Waals surface area (Å²) in [5.41, 5.74) is 2.91. The molecular formula is C17H19N5O. The van der Waals surface area contributed by atoms with Crippen molar-refractivity contribution in [2.45, 2.75) is 18.9 Å². The van der Waals surface area contributed by atoms with Crippen LogP contribution < -0.4 is 10.2 Å². The van der Waals surface area contributed by atoms with Crippen LogP contribution in [0.4, 0.5) is 17.2 Å². The summed E-state index contributed by atoms with van der Waals surface area (Å²) in [6.07, 6.45) is 8.99. The highest BCUT2D eigenvalue weighted by atomic mass is 16.3. The van der Waals surface area contributed by atoms with E-state index in [2.05, 4.69) is 32.3 Å². The van der Waals surface area contributed by atoms with Crippen molar-refractivity contribution < 1.29 is 5.11 Å². The molecule has 23 heavy (non-hydrogen) atoms. The number of nitrogens with zero attached hydrogens (tertiary/aromatic N) is 4. The lowest BCUT2D eigenvalue weighted by molar-refractivity contribution is 0.154. The van der Waals surface area contributed by atoms with E-state index in [9.17, 15) is 5.11 Å². The first-order chi connectivity index (χ1) is 11.3. The molecule has 0 bridgehead atoms. The van der Waals surface area contributed by atoms with Gasteiger partial charge in [0.1, 0.15) is 0 Å². The highest BCUT2D eigenvalue weighted by Crippen LogP contribution is 2.24. The Morgan fingerprint density at radius 3 is 2.65 bits per heavy atom. The molecule has 1 atom stereocenters. The summed E-state index contributed by atoms with van der Waals surface area (Å²) in [7, 11) is 0. The van der Waals surface area contributed by atoms with E-state index in [1.54, 1.807) is 12.4 Å². The number of fused-ring (bicyclic) bond motifs is 1. The Bertz CT molecular complexity index is 798. The Labute approximate surface area is 134 Å². The second-order valence-corrected chi connectivity index (χ2v) is 5.85. The van der Waals surface area contributed by atoms with Crippen molar-refractivity contribution in [2.75, 3.05) is 23.3 Å². The molecule has 1 fully saturated rings. The number of hydrogen-bond acceptors (Lipinski definition) is 5. The molecule has 1 aliphatic rings. The maximum absolute atomic E-state index is 9.80. The van der Waals surface area contributed by atoms with Crippen molar-refractivity contribution in [3.8, 4) is 0 Å². The van der Waals surface area contributed by atoms with Crippen LogP contribution in [0.3, 0.4) is 0 Å². The van der Waals surface area contributed by atoms with Crippen LogP contribution in [0.5, 0.6) is 0 Å². The van der Waals surface area contributed by atoms with Crippen molar-refractivity contribution in [2.24, 2.45) is 0 Å². The second kappa shape index (κ2) is 5.89. The van der Waals surface area contributed by atoms with Crippen LogP contribution in [0.1, 0.15) is 12.8 Å². The largest absolute Gasteiger partial charge is 0.391 e. The average molecular weight is 309 g/mol. The minimum atomic E-state index is -0.219. The van der Waals surface area contributed by atoms with Gasteiger partial charge < -0.3 is 19.7 Å². The molecule has 2 N–H and O–H groups in total. The van der Waals surface area contributed by atoms with E-state index in [4.69, 9.17) is 0 Å². The van der Waals surface area contributed by atoms with Gasteiger partial charge in [-0.15, -0.1) is 0 Å². The van der Waals surface area contributed by atoms with Crippen molar-refractivity contribution in [1.29, 1.82) is 0 Å². The molecule has 118 valence electrons. The van der Waals surface area contributed by atoms with Crippen LogP contribution in [-0.2, 0) is 0 Å². The van der Waals surface area contributed by atoms with Gasteiger partial charge in [-0.3, -0.25) is 0 Å². The minimum absolute atomic E-state index is 0.219. The Morgan fingerprint density at radius 2 is 1.87 bits per heavy atom. The molecule has 1 aliphatic heterocycles. The first-order valence-electron chi connectivity index (χ1n) is 7.87. The number of hydrogen-bond donors (Lipinski definition) is 2. The summed E-state index contributed by atoms with van der Waals surface area (Å²) in [5.74, 6) is 0.735. The van der Waals surface area contributed by atoms with Crippen LogP contribution in [-0.4, -0.2) is 38.7 Å². The third-order valence-corrected chi connectivity index (χ3v) is 4.20. The summed E-state index contributed by atoms with van der Waals surface area (Å²) in [4.78, 5) is 10.9.